The molecule has 1 aliphatic carbocycles. The topological polar surface area (TPSA) is 107 Å². The third-order valence-electron chi connectivity index (χ3n) is 2.65. The summed E-state index contributed by atoms with van der Waals surface area (Å²) in [6.07, 6.45) is 2.21. The van der Waals surface area contributed by atoms with Crippen LogP contribution in [0.1, 0.15) is 25.1 Å². The number of rotatable bonds is 3. The zero-order valence-electron chi connectivity index (χ0n) is 8.03. The van der Waals surface area contributed by atoms with Gasteiger partial charge in [-0.05, 0) is 19.3 Å². The molecular formula is C8H10N6O. The summed E-state index contributed by atoms with van der Waals surface area (Å²) < 4.78 is 0. The number of hydrogen-bond donors (Lipinski definition) is 2. The van der Waals surface area contributed by atoms with Gasteiger partial charge in [0.25, 0.3) is 0 Å². The minimum atomic E-state index is -0.816. The highest BCUT2D eigenvalue weighted by Crippen LogP contribution is 2.40. The van der Waals surface area contributed by atoms with Gasteiger partial charge in [-0.25, -0.2) is 0 Å². The van der Waals surface area contributed by atoms with Crippen LogP contribution in [0.4, 0.5) is 0 Å². The number of carbonyl (C=O) groups excluding carboxylic acids is 1. The predicted octanol–water partition coefficient (Wildman–Crippen LogP) is -0.490. The van der Waals surface area contributed by atoms with Crippen LogP contribution in [0.25, 0.3) is 0 Å². The van der Waals surface area contributed by atoms with Crippen molar-refractivity contribution >= 4 is 5.91 Å². The molecule has 1 heterocycles. The van der Waals surface area contributed by atoms with Crippen molar-refractivity contribution in [3.8, 4) is 6.07 Å². The molecule has 0 aliphatic heterocycles. The number of nitriles is 1. The lowest BCUT2D eigenvalue weighted by Crippen LogP contribution is -2.44. The Balaban J connectivity index is 1.90. The first-order valence-corrected chi connectivity index (χ1v) is 4.69. The highest BCUT2D eigenvalue weighted by molar-refractivity contribution is 5.86. The van der Waals surface area contributed by atoms with E-state index in [4.69, 9.17) is 5.26 Å². The smallest absolute Gasteiger partial charge is 0.240 e. The Morgan fingerprint density at radius 2 is 2.47 bits per heavy atom. The molecule has 15 heavy (non-hydrogen) atoms. The third-order valence-corrected chi connectivity index (χ3v) is 2.65. The highest BCUT2D eigenvalue weighted by Gasteiger charge is 2.44. The number of nitrogens with zero attached hydrogens (tertiary/aromatic N) is 4. The number of tetrazole rings is 1. The van der Waals surface area contributed by atoms with E-state index in [0.717, 1.165) is 6.42 Å². The van der Waals surface area contributed by atoms with E-state index in [-0.39, 0.29) is 12.5 Å². The Hall–Kier alpha value is -1.97. The van der Waals surface area contributed by atoms with Crippen molar-refractivity contribution in [1.82, 2.24) is 25.9 Å². The Morgan fingerprint density at radius 3 is 2.93 bits per heavy atom. The minimum Gasteiger partial charge on any atom is -0.347 e. The van der Waals surface area contributed by atoms with Crippen LogP contribution in [0.3, 0.4) is 0 Å². The highest BCUT2D eigenvalue weighted by atomic mass is 16.2. The second-order valence-corrected chi connectivity index (χ2v) is 3.56. The summed E-state index contributed by atoms with van der Waals surface area (Å²) in [4.78, 5) is 11.7. The fraction of sp³-hybridized carbons (Fsp3) is 0.625. The van der Waals surface area contributed by atoms with E-state index >= 15 is 0 Å². The largest absolute Gasteiger partial charge is 0.347 e. The van der Waals surface area contributed by atoms with Crippen molar-refractivity contribution in [2.75, 3.05) is 0 Å². The van der Waals surface area contributed by atoms with Crippen molar-refractivity contribution in [3.05, 3.63) is 5.82 Å². The summed E-state index contributed by atoms with van der Waals surface area (Å²) in [5.41, 5.74) is -0.816. The standard InChI is InChI=1S/C8H10N6O/c9-5-8(2-1-3-8)7(15)10-4-6-11-13-14-12-6/h1-4H2,(H,10,15)(H,11,12,13,14). The van der Waals surface area contributed by atoms with Gasteiger partial charge in [-0.3, -0.25) is 4.79 Å². The van der Waals surface area contributed by atoms with Crippen molar-refractivity contribution in [2.45, 2.75) is 25.8 Å². The Morgan fingerprint density at radius 1 is 1.67 bits per heavy atom. The monoisotopic (exact) mass is 206 g/mol. The van der Waals surface area contributed by atoms with Crippen LogP contribution in [-0.2, 0) is 11.3 Å². The third kappa shape index (κ3) is 1.66. The molecule has 1 amide bonds. The van der Waals surface area contributed by atoms with Gasteiger partial charge in [0.2, 0.25) is 5.91 Å². The molecule has 1 aromatic rings. The summed E-state index contributed by atoms with van der Waals surface area (Å²) in [7, 11) is 0. The van der Waals surface area contributed by atoms with E-state index in [2.05, 4.69) is 32.0 Å². The van der Waals surface area contributed by atoms with Gasteiger partial charge in [0.1, 0.15) is 5.41 Å². The van der Waals surface area contributed by atoms with Gasteiger partial charge < -0.3 is 5.32 Å². The van der Waals surface area contributed by atoms with Gasteiger partial charge in [-0.2, -0.15) is 10.5 Å². The maximum atomic E-state index is 11.7. The Labute approximate surface area is 85.9 Å². The number of amides is 1. The van der Waals surface area contributed by atoms with Crippen molar-refractivity contribution in [3.63, 3.8) is 0 Å². The summed E-state index contributed by atoms with van der Waals surface area (Å²) >= 11 is 0. The number of aromatic nitrogens is 4. The molecule has 1 saturated carbocycles. The Kier molecular flexibility index (Phi) is 2.33. The first kappa shape index (κ1) is 9.58. The predicted molar refractivity (Wildman–Crippen MR) is 47.9 cm³/mol. The summed E-state index contributed by atoms with van der Waals surface area (Å²) in [6.45, 7) is 0.207. The second kappa shape index (κ2) is 3.65. The van der Waals surface area contributed by atoms with E-state index in [0.29, 0.717) is 18.7 Å². The van der Waals surface area contributed by atoms with Crippen molar-refractivity contribution in [1.29, 1.82) is 5.26 Å². The molecule has 0 radical (unpaired) electrons. The van der Waals surface area contributed by atoms with Crippen LogP contribution in [0.5, 0.6) is 0 Å². The molecule has 7 nitrogen and oxygen atoms in total. The number of aromatic amines is 1. The zero-order chi connectivity index (χ0) is 10.7. The average molecular weight is 206 g/mol. The molecule has 7 heteroatoms. The first-order valence-electron chi connectivity index (χ1n) is 4.69. The van der Waals surface area contributed by atoms with Gasteiger partial charge in [0.05, 0.1) is 12.6 Å². The minimum absolute atomic E-state index is 0.207. The van der Waals surface area contributed by atoms with Crippen LogP contribution >= 0.6 is 0 Å². The van der Waals surface area contributed by atoms with Crippen LogP contribution in [-0.4, -0.2) is 26.5 Å². The number of nitrogens with one attached hydrogen (secondary N) is 2. The maximum absolute atomic E-state index is 11.7. The summed E-state index contributed by atoms with van der Waals surface area (Å²) in [5, 5.41) is 24.6. The lowest BCUT2D eigenvalue weighted by Gasteiger charge is -2.33. The van der Waals surface area contributed by atoms with Crippen LogP contribution in [0, 0.1) is 16.7 Å². The quantitative estimate of drug-likeness (QED) is 0.693. The average Bonchev–Trinajstić information content (AvgIpc) is 2.66. The van der Waals surface area contributed by atoms with E-state index in [9.17, 15) is 4.79 Å². The van der Waals surface area contributed by atoms with Gasteiger partial charge in [0.15, 0.2) is 5.82 Å². The normalized spacial score (nSPS) is 17.5. The van der Waals surface area contributed by atoms with E-state index in [1.54, 1.807) is 0 Å². The number of hydrogen-bond acceptors (Lipinski definition) is 5. The van der Waals surface area contributed by atoms with Crippen molar-refractivity contribution < 1.29 is 4.79 Å². The van der Waals surface area contributed by atoms with Crippen LogP contribution in [0.15, 0.2) is 0 Å². The molecule has 78 valence electrons. The number of carbonyl (C=O) groups is 1. The van der Waals surface area contributed by atoms with E-state index in [1.165, 1.54) is 0 Å². The second-order valence-electron chi connectivity index (χ2n) is 3.56. The lowest BCUT2D eigenvalue weighted by molar-refractivity contribution is -0.131. The summed E-state index contributed by atoms with van der Waals surface area (Å²) in [5.74, 6) is 0.178. The van der Waals surface area contributed by atoms with Crippen LogP contribution < -0.4 is 5.32 Å². The van der Waals surface area contributed by atoms with Gasteiger partial charge >= 0.3 is 0 Å². The molecule has 0 atom stereocenters. The fourth-order valence-corrected chi connectivity index (χ4v) is 1.51. The Bertz CT molecular complexity index is 388. The molecule has 2 N–H and O–H groups in total. The molecule has 0 bridgehead atoms. The van der Waals surface area contributed by atoms with E-state index in [1.807, 2.05) is 0 Å². The SMILES string of the molecule is N#CC1(C(=O)NCc2nn[nH]n2)CCC1. The van der Waals surface area contributed by atoms with E-state index < -0.39 is 5.41 Å². The lowest BCUT2D eigenvalue weighted by atomic mass is 9.69. The molecule has 1 fully saturated rings. The molecule has 0 aromatic carbocycles. The molecular weight excluding hydrogens is 196 g/mol. The van der Waals surface area contributed by atoms with Gasteiger partial charge in [-0.15, -0.1) is 10.2 Å². The molecule has 1 aliphatic rings. The molecule has 2 rings (SSSR count). The molecule has 0 saturated heterocycles. The van der Waals surface area contributed by atoms with Gasteiger partial charge in [0, 0.05) is 0 Å². The molecule has 0 unspecified atom stereocenters. The first-order chi connectivity index (χ1) is 7.27. The molecule has 0 spiro atoms. The summed E-state index contributed by atoms with van der Waals surface area (Å²) in [6, 6.07) is 2.07. The van der Waals surface area contributed by atoms with Gasteiger partial charge in [-0.1, -0.05) is 5.21 Å². The zero-order valence-corrected chi connectivity index (χ0v) is 8.03. The molecule has 1 aromatic heterocycles. The maximum Gasteiger partial charge on any atom is 0.240 e. The number of H-pyrrole nitrogens is 1. The fourth-order valence-electron chi connectivity index (χ4n) is 1.51. The van der Waals surface area contributed by atoms with Crippen molar-refractivity contribution in [2.24, 2.45) is 5.41 Å². The van der Waals surface area contributed by atoms with Crippen LogP contribution in [0.2, 0.25) is 0 Å².